The van der Waals surface area contributed by atoms with Gasteiger partial charge in [-0.3, -0.25) is 19.7 Å². The minimum Gasteiger partial charge on any atom is -0.497 e. The van der Waals surface area contributed by atoms with Gasteiger partial charge in [-0.2, -0.15) is 0 Å². The minimum atomic E-state index is -0.927. The maximum atomic E-state index is 13.5. The van der Waals surface area contributed by atoms with Crippen LogP contribution in [0.3, 0.4) is 0 Å². The van der Waals surface area contributed by atoms with Crippen molar-refractivity contribution in [3.63, 3.8) is 0 Å². The molecule has 0 spiro atoms. The smallest absolute Gasteiger partial charge is 0.335 e. The summed E-state index contributed by atoms with van der Waals surface area (Å²) >= 11 is 6.18. The Morgan fingerprint density at radius 2 is 1.67 bits per heavy atom. The molecular formula is C30H28ClN3O8. The van der Waals surface area contributed by atoms with Crippen LogP contribution in [0.15, 0.2) is 66.2 Å². The largest absolute Gasteiger partial charge is 0.497 e. The lowest BCUT2D eigenvalue weighted by molar-refractivity contribution is -0.122. The predicted octanol–water partition coefficient (Wildman–Crippen LogP) is 4.83. The van der Waals surface area contributed by atoms with Gasteiger partial charge in [0.25, 0.3) is 17.7 Å². The van der Waals surface area contributed by atoms with Gasteiger partial charge in [-0.25, -0.2) is 9.69 Å². The maximum absolute atomic E-state index is 13.5. The van der Waals surface area contributed by atoms with Gasteiger partial charge in [0.05, 0.1) is 26.5 Å². The summed E-state index contributed by atoms with van der Waals surface area (Å²) in [6, 6.07) is 14.9. The molecule has 5 amide bonds. The number of ether oxygens (including phenoxy) is 4. The standard InChI is InChI=1S/C30H28ClN3O8/c1-4-13-41-25-12-8-21(16-26(25)40-3)34-29(37)23(28(36)33-30(34)38)15-18-14-19(31)5-11-24(18)42-17-27(35)32-20-6-9-22(39-2)10-7-20/h5-12,14-16H,4,13,17H2,1-3H3,(H,32,35)(H,33,36,38)/b23-15-. The van der Waals surface area contributed by atoms with E-state index in [1.165, 1.54) is 43.5 Å². The van der Waals surface area contributed by atoms with Gasteiger partial charge in [0, 0.05) is 22.3 Å². The van der Waals surface area contributed by atoms with E-state index in [4.69, 9.17) is 30.5 Å². The van der Waals surface area contributed by atoms with Gasteiger partial charge in [0.1, 0.15) is 17.1 Å². The van der Waals surface area contributed by atoms with Crippen LogP contribution in [0, 0.1) is 0 Å². The Bertz CT molecular complexity index is 1540. The zero-order chi connectivity index (χ0) is 30.2. The molecule has 0 bridgehead atoms. The lowest BCUT2D eigenvalue weighted by atomic mass is 10.1. The summed E-state index contributed by atoms with van der Waals surface area (Å²) in [7, 11) is 2.97. The highest BCUT2D eigenvalue weighted by Gasteiger charge is 2.37. The van der Waals surface area contributed by atoms with Crippen molar-refractivity contribution in [2.24, 2.45) is 0 Å². The molecule has 0 saturated carbocycles. The third kappa shape index (κ3) is 6.99. The number of hydrogen-bond donors (Lipinski definition) is 2. The van der Waals surface area contributed by atoms with Crippen molar-refractivity contribution in [3.05, 3.63) is 76.8 Å². The highest BCUT2D eigenvalue weighted by molar-refractivity contribution is 6.39. The number of halogens is 1. The number of amides is 5. The van der Waals surface area contributed by atoms with E-state index in [1.54, 1.807) is 37.4 Å². The molecular weight excluding hydrogens is 566 g/mol. The van der Waals surface area contributed by atoms with Crippen LogP contribution in [0.1, 0.15) is 18.9 Å². The van der Waals surface area contributed by atoms with E-state index in [0.717, 1.165) is 11.3 Å². The average Bonchev–Trinajstić information content (AvgIpc) is 2.98. The fourth-order valence-electron chi connectivity index (χ4n) is 3.95. The van der Waals surface area contributed by atoms with Gasteiger partial charge in [0.15, 0.2) is 18.1 Å². The number of barbiturate groups is 1. The number of urea groups is 1. The summed E-state index contributed by atoms with van der Waals surface area (Å²) < 4.78 is 21.8. The first kappa shape index (κ1) is 29.9. The Kier molecular flexibility index (Phi) is 9.66. The van der Waals surface area contributed by atoms with Crippen LogP contribution in [0.25, 0.3) is 6.08 Å². The van der Waals surface area contributed by atoms with Crippen molar-refractivity contribution in [3.8, 4) is 23.0 Å². The van der Waals surface area contributed by atoms with Crippen molar-refractivity contribution >= 4 is 52.8 Å². The molecule has 1 aliphatic rings. The topological polar surface area (TPSA) is 132 Å². The Hall–Kier alpha value is -5.03. The van der Waals surface area contributed by atoms with Crippen LogP contribution >= 0.6 is 11.6 Å². The van der Waals surface area contributed by atoms with E-state index >= 15 is 0 Å². The highest BCUT2D eigenvalue weighted by Crippen LogP contribution is 2.34. The van der Waals surface area contributed by atoms with Crippen LogP contribution in [0.5, 0.6) is 23.0 Å². The molecule has 2 N–H and O–H groups in total. The molecule has 0 unspecified atom stereocenters. The molecule has 11 nitrogen and oxygen atoms in total. The molecule has 12 heteroatoms. The Morgan fingerprint density at radius 1 is 0.929 bits per heavy atom. The number of nitrogens with zero attached hydrogens (tertiary/aromatic N) is 1. The van der Waals surface area contributed by atoms with Gasteiger partial charge >= 0.3 is 6.03 Å². The molecule has 0 aromatic heterocycles. The number of benzene rings is 3. The lowest BCUT2D eigenvalue weighted by Crippen LogP contribution is -2.54. The van der Waals surface area contributed by atoms with Crippen LogP contribution in [0.4, 0.5) is 16.2 Å². The Morgan fingerprint density at radius 3 is 2.36 bits per heavy atom. The summed E-state index contributed by atoms with van der Waals surface area (Å²) in [5, 5.41) is 5.17. The lowest BCUT2D eigenvalue weighted by Gasteiger charge is -2.27. The number of rotatable bonds is 11. The number of methoxy groups -OCH3 is 2. The second-order valence-corrected chi connectivity index (χ2v) is 9.33. The number of imide groups is 2. The Balaban J connectivity index is 1.57. The monoisotopic (exact) mass is 593 g/mol. The van der Waals surface area contributed by atoms with Crippen molar-refractivity contribution < 1.29 is 38.1 Å². The van der Waals surface area contributed by atoms with Gasteiger partial charge in [-0.15, -0.1) is 0 Å². The molecule has 1 fully saturated rings. The summed E-state index contributed by atoms with van der Waals surface area (Å²) in [4.78, 5) is 52.3. The van der Waals surface area contributed by atoms with E-state index in [9.17, 15) is 19.2 Å². The SMILES string of the molecule is CCCOc1ccc(N2C(=O)NC(=O)/C(=C/c3cc(Cl)ccc3OCC(=O)Nc3ccc(OC)cc3)C2=O)cc1OC. The zero-order valence-corrected chi connectivity index (χ0v) is 23.8. The third-order valence-corrected chi connectivity index (χ3v) is 6.21. The number of carbonyl (C=O) groups excluding carboxylic acids is 4. The first-order chi connectivity index (χ1) is 20.2. The number of carbonyl (C=O) groups is 4. The summed E-state index contributed by atoms with van der Waals surface area (Å²) in [6.07, 6.45) is 2.02. The second kappa shape index (κ2) is 13.6. The van der Waals surface area contributed by atoms with E-state index in [-0.39, 0.29) is 29.2 Å². The fourth-order valence-corrected chi connectivity index (χ4v) is 4.13. The first-order valence-corrected chi connectivity index (χ1v) is 13.2. The third-order valence-electron chi connectivity index (χ3n) is 5.97. The molecule has 4 rings (SSSR count). The van der Waals surface area contributed by atoms with Gasteiger partial charge < -0.3 is 24.3 Å². The minimum absolute atomic E-state index is 0.161. The molecule has 1 heterocycles. The highest BCUT2D eigenvalue weighted by atomic mass is 35.5. The molecule has 0 atom stereocenters. The maximum Gasteiger partial charge on any atom is 0.335 e. The predicted molar refractivity (Wildman–Crippen MR) is 156 cm³/mol. The number of anilines is 2. The summed E-state index contributed by atoms with van der Waals surface area (Å²) in [5.74, 6) is -0.659. The quantitative estimate of drug-likeness (QED) is 0.239. The fraction of sp³-hybridized carbons (Fsp3) is 0.200. The molecule has 218 valence electrons. The van der Waals surface area contributed by atoms with E-state index in [1.807, 2.05) is 6.92 Å². The normalized spacial score (nSPS) is 14.0. The first-order valence-electron chi connectivity index (χ1n) is 12.8. The van der Waals surface area contributed by atoms with Crippen molar-refractivity contribution in [2.45, 2.75) is 13.3 Å². The van der Waals surface area contributed by atoms with Gasteiger partial charge in [-0.1, -0.05) is 18.5 Å². The Labute approximate surface area is 246 Å². The van der Waals surface area contributed by atoms with E-state index < -0.39 is 23.8 Å². The van der Waals surface area contributed by atoms with E-state index in [0.29, 0.717) is 34.6 Å². The zero-order valence-electron chi connectivity index (χ0n) is 23.1. The van der Waals surface area contributed by atoms with Crippen LogP contribution in [0.2, 0.25) is 5.02 Å². The molecule has 0 aliphatic carbocycles. The van der Waals surface area contributed by atoms with Crippen LogP contribution in [-0.2, 0) is 14.4 Å². The average molecular weight is 594 g/mol. The molecule has 42 heavy (non-hydrogen) atoms. The summed E-state index contributed by atoms with van der Waals surface area (Å²) in [6.45, 7) is 2.03. The molecule has 1 aliphatic heterocycles. The van der Waals surface area contributed by atoms with Crippen LogP contribution < -0.4 is 34.5 Å². The van der Waals surface area contributed by atoms with Crippen molar-refractivity contribution in [2.75, 3.05) is 37.7 Å². The van der Waals surface area contributed by atoms with Gasteiger partial charge in [0.2, 0.25) is 0 Å². The van der Waals surface area contributed by atoms with Crippen molar-refractivity contribution in [1.29, 1.82) is 0 Å². The van der Waals surface area contributed by atoms with Crippen molar-refractivity contribution in [1.82, 2.24) is 5.32 Å². The van der Waals surface area contributed by atoms with Gasteiger partial charge in [-0.05, 0) is 67.1 Å². The number of hydrogen-bond acceptors (Lipinski definition) is 8. The molecule has 3 aromatic rings. The molecule has 0 radical (unpaired) electrons. The summed E-state index contributed by atoms with van der Waals surface area (Å²) in [5.41, 5.74) is 0.594. The molecule has 1 saturated heterocycles. The second-order valence-electron chi connectivity index (χ2n) is 8.89. The molecule has 3 aromatic carbocycles. The number of nitrogens with one attached hydrogen (secondary N) is 2. The van der Waals surface area contributed by atoms with Crippen LogP contribution in [-0.4, -0.2) is 51.2 Å². The van der Waals surface area contributed by atoms with E-state index in [2.05, 4.69) is 10.6 Å².